The van der Waals surface area contributed by atoms with E-state index < -0.39 is 17.9 Å². The van der Waals surface area contributed by atoms with Crippen molar-refractivity contribution >= 4 is 52.5 Å². The molecule has 0 aliphatic rings. The fourth-order valence-electron chi connectivity index (χ4n) is 2.91. The van der Waals surface area contributed by atoms with Gasteiger partial charge in [0, 0.05) is 17.4 Å². The first-order valence-corrected chi connectivity index (χ1v) is 11.4. The van der Waals surface area contributed by atoms with E-state index in [0.29, 0.717) is 22.9 Å². The Balaban J connectivity index is 1.68. The number of carbonyl (C=O) groups excluding carboxylic acids is 2. The van der Waals surface area contributed by atoms with Crippen molar-refractivity contribution in [3.8, 4) is 0 Å². The normalized spacial score (nSPS) is 12.0. The van der Waals surface area contributed by atoms with E-state index in [9.17, 15) is 9.59 Å². The van der Waals surface area contributed by atoms with E-state index in [1.165, 1.54) is 12.1 Å². The highest BCUT2D eigenvalue weighted by Gasteiger charge is 2.24. The summed E-state index contributed by atoms with van der Waals surface area (Å²) in [5.41, 5.74) is 2.72. The highest BCUT2D eigenvalue weighted by atomic mass is 35.5. The Kier molecular flexibility index (Phi) is 7.64. The minimum absolute atomic E-state index is 0.0211. The first kappa shape index (κ1) is 22.5. The second-order valence-electron chi connectivity index (χ2n) is 6.69. The number of benzene rings is 1. The minimum atomic E-state index is -0.796. The maximum absolute atomic E-state index is 12.7. The number of thioether (sulfide) groups is 1. The van der Waals surface area contributed by atoms with E-state index in [0.717, 1.165) is 11.2 Å². The van der Waals surface area contributed by atoms with Gasteiger partial charge in [0.25, 0.3) is 5.91 Å². The van der Waals surface area contributed by atoms with Gasteiger partial charge in [-0.05, 0) is 55.2 Å². The molecule has 1 unspecified atom stereocenters. The van der Waals surface area contributed by atoms with Crippen LogP contribution in [0.1, 0.15) is 28.0 Å². The number of fused-ring (bicyclic) bond motifs is 1. The number of imidazole rings is 1. The van der Waals surface area contributed by atoms with Crippen molar-refractivity contribution in [2.45, 2.75) is 26.0 Å². The summed E-state index contributed by atoms with van der Waals surface area (Å²) in [6.45, 7) is 1.99. The van der Waals surface area contributed by atoms with Gasteiger partial charge in [0.1, 0.15) is 18.3 Å². The second-order valence-corrected chi connectivity index (χ2v) is 8.52. The number of ether oxygens (including phenoxy) is 1. The van der Waals surface area contributed by atoms with Gasteiger partial charge in [-0.1, -0.05) is 29.3 Å². The molecule has 1 amide bonds. The van der Waals surface area contributed by atoms with Crippen LogP contribution in [0, 0.1) is 6.92 Å². The Morgan fingerprint density at radius 1 is 1.30 bits per heavy atom. The van der Waals surface area contributed by atoms with Crippen molar-refractivity contribution in [2.24, 2.45) is 0 Å². The van der Waals surface area contributed by atoms with Crippen molar-refractivity contribution in [1.29, 1.82) is 0 Å². The van der Waals surface area contributed by atoms with Crippen molar-refractivity contribution in [2.75, 3.05) is 12.0 Å². The lowest BCUT2D eigenvalue weighted by Gasteiger charge is -2.17. The van der Waals surface area contributed by atoms with E-state index in [1.54, 1.807) is 17.8 Å². The second kappa shape index (κ2) is 10.2. The number of aryl methyl sites for hydroxylation is 1. The molecule has 2 aromatic heterocycles. The SMILES string of the molecule is CSCCC(NC(=O)c1ccc(Cl)cc1Cl)C(=O)OCc1cn2cccc(C)c2n1. The number of amides is 1. The van der Waals surface area contributed by atoms with Crippen LogP contribution < -0.4 is 5.32 Å². The summed E-state index contributed by atoms with van der Waals surface area (Å²) in [6, 6.07) is 7.68. The largest absolute Gasteiger partial charge is 0.458 e. The molecule has 3 aromatic rings. The molecule has 0 bridgehead atoms. The van der Waals surface area contributed by atoms with Crippen LogP contribution in [-0.4, -0.2) is 39.3 Å². The zero-order chi connectivity index (χ0) is 21.7. The van der Waals surface area contributed by atoms with Gasteiger partial charge in [0.15, 0.2) is 0 Å². The lowest BCUT2D eigenvalue weighted by molar-refractivity contribution is -0.147. The Morgan fingerprint density at radius 2 is 2.10 bits per heavy atom. The Labute approximate surface area is 188 Å². The van der Waals surface area contributed by atoms with Crippen LogP contribution in [-0.2, 0) is 16.1 Å². The van der Waals surface area contributed by atoms with Crippen LogP contribution in [0.4, 0.5) is 0 Å². The Bertz CT molecular complexity index is 1070. The van der Waals surface area contributed by atoms with E-state index in [-0.39, 0.29) is 17.2 Å². The van der Waals surface area contributed by atoms with Crippen molar-refractivity contribution in [3.63, 3.8) is 0 Å². The van der Waals surface area contributed by atoms with Gasteiger partial charge in [-0.2, -0.15) is 11.8 Å². The van der Waals surface area contributed by atoms with Crippen LogP contribution in [0.25, 0.3) is 5.65 Å². The molecule has 0 spiro atoms. The Hall–Kier alpha value is -2.22. The first-order valence-electron chi connectivity index (χ1n) is 9.23. The summed E-state index contributed by atoms with van der Waals surface area (Å²) in [7, 11) is 0. The Morgan fingerprint density at radius 3 is 2.80 bits per heavy atom. The molecule has 1 N–H and O–H groups in total. The van der Waals surface area contributed by atoms with Gasteiger partial charge in [-0.25, -0.2) is 9.78 Å². The van der Waals surface area contributed by atoms with E-state index in [4.69, 9.17) is 27.9 Å². The molecule has 3 rings (SSSR count). The summed E-state index contributed by atoms with van der Waals surface area (Å²) < 4.78 is 7.33. The standard InChI is InChI=1S/C21H21Cl2N3O3S/c1-13-4-3-8-26-11-15(24-19(13)26)12-29-21(28)18(7-9-30-2)25-20(27)16-6-5-14(22)10-17(16)23/h3-6,8,10-11,18H,7,9,12H2,1-2H3,(H,25,27). The molecule has 2 heterocycles. The number of pyridine rings is 1. The molecule has 0 saturated heterocycles. The van der Waals surface area contributed by atoms with Crippen LogP contribution in [0.15, 0.2) is 42.7 Å². The van der Waals surface area contributed by atoms with Crippen LogP contribution >= 0.6 is 35.0 Å². The number of esters is 1. The molecule has 0 radical (unpaired) electrons. The maximum Gasteiger partial charge on any atom is 0.329 e. The first-order chi connectivity index (χ1) is 14.4. The fourth-order valence-corrected chi connectivity index (χ4v) is 3.88. The predicted octanol–water partition coefficient (Wildman–Crippen LogP) is 4.54. The summed E-state index contributed by atoms with van der Waals surface area (Å²) in [4.78, 5) is 29.8. The third-order valence-corrected chi connectivity index (χ3v) is 5.66. The average molecular weight is 466 g/mol. The molecular formula is C21H21Cl2N3O3S. The predicted molar refractivity (Wildman–Crippen MR) is 120 cm³/mol. The lowest BCUT2D eigenvalue weighted by Crippen LogP contribution is -2.42. The molecular weight excluding hydrogens is 445 g/mol. The topological polar surface area (TPSA) is 72.7 Å². The van der Waals surface area contributed by atoms with E-state index >= 15 is 0 Å². The number of halogens is 2. The molecule has 0 fully saturated rings. The van der Waals surface area contributed by atoms with E-state index in [2.05, 4.69) is 10.3 Å². The average Bonchev–Trinajstić information content (AvgIpc) is 3.13. The summed E-state index contributed by atoms with van der Waals surface area (Å²) in [5.74, 6) is -0.290. The smallest absolute Gasteiger partial charge is 0.329 e. The molecule has 6 nitrogen and oxygen atoms in total. The van der Waals surface area contributed by atoms with Gasteiger partial charge >= 0.3 is 5.97 Å². The van der Waals surface area contributed by atoms with E-state index in [1.807, 2.05) is 42.1 Å². The summed E-state index contributed by atoms with van der Waals surface area (Å²) >= 11 is 13.6. The van der Waals surface area contributed by atoms with Gasteiger partial charge < -0.3 is 14.5 Å². The number of hydrogen-bond donors (Lipinski definition) is 1. The van der Waals surface area contributed by atoms with Gasteiger partial charge in [0.2, 0.25) is 0 Å². The van der Waals surface area contributed by atoms with Crippen molar-refractivity contribution in [3.05, 3.63) is 69.6 Å². The van der Waals surface area contributed by atoms with Crippen LogP contribution in [0.5, 0.6) is 0 Å². The number of rotatable bonds is 8. The van der Waals surface area contributed by atoms with Crippen molar-refractivity contribution < 1.29 is 14.3 Å². The quantitative estimate of drug-likeness (QED) is 0.494. The molecule has 30 heavy (non-hydrogen) atoms. The zero-order valence-corrected chi connectivity index (χ0v) is 18.9. The number of nitrogens with zero attached hydrogens (tertiary/aromatic N) is 2. The number of aromatic nitrogens is 2. The van der Waals surface area contributed by atoms with Crippen molar-refractivity contribution in [1.82, 2.24) is 14.7 Å². The molecule has 0 aliphatic carbocycles. The highest BCUT2D eigenvalue weighted by molar-refractivity contribution is 7.98. The lowest BCUT2D eigenvalue weighted by atomic mass is 10.1. The van der Waals surface area contributed by atoms with Gasteiger partial charge in [-0.3, -0.25) is 4.79 Å². The molecule has 1 atom stereocenters. The summed E-state index contributed by atoms with van der Waals surface area (Å²) in [5, 5.41) is 3.37. The third kappa shape index (κ3) is 5.47. The molecule has 9 heteroatoms. The van der Waals surface area contributed by atoms with Crippen LogP contribution in [0.3, 0.4) is 0 Å². The number of hydrogen-bond acceptors (Lipinski definition) is 5. The number of carbonyl (C=O) groups is 2. The molecule has 1 aromatic carbocycles. The van der Waals surface area contributed by atoms with Gasteiger partial charge in [0.05, 0.1) is 16.3 Å². The molecule has 158 valence electrons. The molecule has 0 aliphatic heterocycles. The third-order valence-electron chi connectivity index (χ3n) is 4.47. The monoisotopic (exact) mass is 465 g/mol. The summed E-state index contributed by atoms with van der Waals surface area (Å²) in [6.07, 6.45) is 6.07. The zero-order valence-electron chi connectivity index (χ0n) is 16.5. The van der Waals surface area contributed by atoms with Crippen LogP contribution in [0.2, 0.25) is 10.0 Å². The number of nitrogens with one attached hydrogen (secondary N) is 1. The van der Waals surface area contributed by atoms with Gasteiger partial charge in [-0.15, -0.1) is 0 Å². The molecule has 0 saturated carbocycles. The minimum Gasteiger partial charge on any atom is -0.458 e. The fraction of sp³-hybridized carbons (Fsp3) is 0.286. The highest BCUT2D eigenvalue weighted by Crippen LogP contribution is 2.21. The maximum atomic E-state index is 12.7.